The minimum Gasteiger partial charge on any atom is -0.497 e. The van der Waals surface area contributed by atoms with Crippen LogP contribution in [0.25, 0.3) is 0 Å². The van der Waals surface area contributed by atoms with Gasteiger partial charge in [0, 0.05) is 19.2 Å². The van der Waals surface area contributed by atoms with Crippen molar-refractivity contribution in [2.75, 3.05) is 37.5 Å². The Kier molecular flexibility index (Phi) is 5.24. The molecule has 0 fully saturated rings. The smallest absolute Gasteiger partial charge is 0.208 e. The summed E-state index contributed by atoms with van der Waals surface area (Å²) in [7, 11) is -1.52. The summed E-state index contributed by atoms with van der Waals surface area (Å²) in [6.45, 7) is 1.04. The van der Waals surface area contributed by atoms with Crippen molar-refractivity contribution >= 4 is 21.4 Å². The summed E-state index contributed by atoms with van der Waals surface area (Å²) in [5.74, 6) is 0.705. The lowest BCUT2D eigenvalue weighted by atomic mass is 10.2. The van der Waals surface area contributed by atoms with E-state index in [1.165, 1.54) is 0 Å². The van der Waals surface area contributed by atoms with Gasteiger partial charge in [-0.15, -0.1) is 0 Å². The highest BCUT2D eigenvalue weighted by atomic mass is 32.2. The third-order valence-corrected chi connectivity index (χ3v) is 3.02. The second kappa shape index (κ2) is 6.46. The molecule has 0 spiro atoms. The highest BCUT2D eigenvalue weighted by Crippen LogP contribution is 2.23. The summed E-state index contributed by atoms with van der Waals surface area (Å²) in [6.07, 6.45) is 1.82. The van der Waals surface area contributed by atoms with Crippen LogP contribution in [0.4, 0.5) is 11.4 Å². The third-order valence-electron chi connectivity index (χ3n) is 2.29. The molecule has 4 N–H and O–H groups in total. The van der Waals surface area contributed by atoms with E-state index in [1.54, 1.807) is 13.2 Å². The fraction of sp³-hybridized carbons (Fsp3) is 0.455. The largest absolute Gasteiger partial charge is 0.497 e. The van der Waals surface area contributed by atoms with E-state index in [0.717, 1.165) is 11.9 Å². The molecular weight excluding hydrogens is 254 g/mol. The number of ether oxygens (including phenoxy) is 1. The molecule has 0 aliphatic carbocycles. The van der Waals surface area contributed by atoms with Crippen LogP contribution in [0, 0.1) is 0 Å². The number of nitrogens with two attached hydrogens (primary N) is 1. The number of sulfonamides is 1. The molecule has 0 atom stereocenters. The molecule has 102 valence electrons. The van der Waals surface area contributed by atoms with E-state index in [9.17, 15) is 8.42 Å². The van der Waals surface area contributed by atoms with Gasteiger partial charge in [-0.05, 0) is 18.6 Å². The molecule has 1 rings (SSSR count). The molecule has 6 nitrogen and oxygen atoms in total. The second-order valence-corrected chi connectivity index (χ2v) is 5.73. The Bertz CT molecular complexity index is 488. The van der Waals surface area contributed by atoms with Crippen molar-refractivity contribution < 1.29 is 13.2 Å². The normalized spacial score (nSPS) is 11.2. The van der Waals surface area contributed by atoms with E-state index < -0.39 is 10.0 Å². The van der Waals surface area contributed by atoms with Crippen LogP contribution in [0.5, 0.6) is 5.75 Å². The molecule has 0 aromatic heterocycles. The first-order valence-corrected chi connectivity index (χ1v) is 7.43. The van der Waals surface area contributed by atoms with Crippen molar-refractivity contribution in [3.63, 3.8) is 0 Å². The Morgan fingerprint density at radius 2 is 2.06 bits per heavy atom. The van der Waals surface area contributed by atoms with Crippen LogP contribution >= 0.6 is 0 Å². The molecule has 0 amide bonds. The van der Waals surface area contributed by atoms with E-state index in [0.29, 0.717) is 30.9 Å². The molecule has 0 aliphatic rings. The van der Waals surface area contributed by atoms with Crippen LogP contribution in [0.3, 0.4) is 0 Å². The average molecular weight is 273 g/mol. The highest BCUT2D eigenvalue weighted by molar-refractivity contribution is 7.88. The summed E-state index contributed by atoms with van der Waals surface area (Å²) < 4.78 is 29.1. The van der Waals surface area contributed by atoms with Gasteiger partial charge >= 0.3 is 0 Å². The van der Waals surface area contributed by atoms with E-state index >= 15 is 0 Å². The zero-order valence-corrected chi connectivity index (χ0v) is 11.4. The molecule has 18 heavy (non-hydrogen) atoms. The maximum Gasteiger partial charge on any atom is 0.208 e. The van der Waals surface area contributed by atoms with Gasteiger partial charge in [-0.2, -0.15) is 0 Å². The standard InChI is InChI=1S/C11H19N3O3S/c1-17-9-4-5-11(10(12)8-9)13-6-3-7-14-18(2,15)16/h4-5,8,13-14H,3,6-7,12H2,1-2H3. The van der Waals surface area contributed by atoms with Gasteiger partial charge in [0.05, 0.1) is 24.7 Å². The minimum absolute atomic E-state index is 0.405. The molecule has 1 aromatic rings. The number of anilines is 2. The molecule has 7 heteroatoms. The van der Waals surface area contributed by atoms with Crippen molar-refractivity contribution in [3.05, 3.63) is 18.2 Å². The first kappa shape index (κ1) is 14.6. The SMILES string of the molecule is COc1ccc(NCCCNS(C)(=O)=O)c(N)c1. The van der Waals surface area contributed by atoms with Crippen molar-refractivity contribution in [2.24, 2.45) is 0 Å². The second-order valence-electron chi connectivity index (χ2n) is 3.90. The zero-order valence-electron chi connectivity index (χ0n) is 10.6. The van der Waals surface area contributed by atoms with Crippen molar-refractivity contribution in [1.82, 2.24) is 4.72 Å². The number of benzene rings is 1. The number of hydrogen-bond donors (Lipinski definition) is 3. The molecule has 1 aromatic carbocycles. The number of nitrogen functional groups attached to an aromatic ring is 1. The predicted octanol–water partition coefficient (Wildman–Crippen LogP) is 0.629. The third kappa shape index (κ3) is 5.24. The zero-order chi connectivity index (χ0) is 13.6. The lowest BCUT2D eigenvalue weighted by Gasteiger charge is -2.10. The molecule has 0 aliphatic heterocycles. The number of methoxy groups -OCH3 is 1. The van der Waals surface area contributed by atoms with Crippen LogP contribution in [0.15, 0.2) is 18.2 Å². The first-order valence-electron chi connectivity index (χ1n) is 5.54. The summed E-state index contributed by atoms with van der Waals surface area (Å²) >= 11 is 0. The minimum atomic E-state index is -3.11. The molecule has 0 bridgehead atoms. The maximum absolute atomic E-state index is 10.8. The molecule has 0 saturated carbocycles. The van der Waals surface area contributed by atoms with Gasteiger partial charge in [0.25, 0.3) is 0 Å². The van der Waals surface area contributed by atoms with Crippen LogP contribution in [0.1, 0.15) is 6.42 Å². The van der Waals surface area contributed by atoms with E-state index in [4.69, 9.17) is 10.5 Å². The summed E-state index contributed by atoms with van der Waals surface area (Å²) in [5.41, 5.74) is 7.24. The monoisotopic (exact) mass is 273 g/mol. The van der Waals surface area contributed by atoms with Gasteiger partial charge in [0.2, 0.25) is 10.0 Å². The van der Waals surface area contributed by atoms with Crippen molar-refractivity contribution in [3.8, 4) is 5.75 Å². The van der Waals surface area contributed by atoms with Crippen LogP contribution < -0.4 is 20.5 Å². The van der Waals surface area contributed by atoms with Gasteiger partial charge in [0.15, 0.2) is 0 Å². The quantitative estimate of drug-likeness (QED) is 0.500. The predicted molar refractivity (Wildman–Crippen MR) is 73.4 cm³/mol. The van der Waals surface area contributed by atoms with Gasteiger partial charge in [0.1, 0.15) is 5.75 Å². The van der Waals surface area contributed by atoms with Gasteiger partial charge in [-0.25, -0.2) is 13.1 Å². The Labute approximate surface area is 108 Å². The van der Waals surface area contributed by atoms with Crippen LogP contribution in [-0.4, -0.2) is 34.9 Å². The summed E-state index contributed by atoms with van der Waals surface area (Å²) in [6, 6.07) is 5.38. The Morgan fingerprint density at radius 1 is 1.33 bits per heavy atom. The number of rotatable bonds is 7. The summed E-state index contributed by atoms with van der Waals surface area (Å²) in [4.78, 5) is 0. The topological polar surface area (TPSA) is 93.5 Å². The maximum atomic E-state index is 10.8. The fourth-order valence-corrected chi connectivity index (χ4v) is 1.91. The molecular formula is C11H19N3O3S. The van der Waals surface area contributed by atoms with Gasteiger partial charge in [-0.3, -0.25) is 0 Å². The van der Waals surface area contributed by atoms with Crippen molar-refractivity contribution in [2.45, 2.75) is 6.42 Å². The Hall–Kier alpha value is -1.47. The molecule has 0 unspecified atom stereocenters. The Balaban J connectivity index is 2.36. The van der Waals surface area contributed by atoms with Crippen molar-refractivity contribution in [1.29, 1.82) is 0 Å². The summed E-state index contributed by atoms with van der Waals surface area (Å²) in [5, 5.41) is 3.14. The van der Waals surface area contributed by atoms with Gasteiger partial charge < -0.3 is 15.8 Å². The molecule has 0 radical (unpaired) electrons. The van der Waals surface area contributed by atoms with Crippen LogP contribution in [-0.2, 0) is 10.0 Å². The molecule has 0 saturated heterocycles. The number of hydrogen-bond acceptors (Lipinski definition) is 5. The van der Waals surface area contributed by atoms with E-state index in [2.05, 4.69) is 10.0 Å². The lowest BCUT2D eigenvalue weighted by molar-refractivity contribution is 0.415. The molecule has 0 heterocycles. The fourth-order valence-electron chi connectivity index (χ4n) is 1.40. The Morgan fingerprint density at radius 3 is 2.61 bits per heavy atom. The number of nitrogens with one attached hydrogen (secondary N) is 2. The van der Waals surface area contributed by atoms with E-state index in [1.807, 2.05) is 12.1 Å². The average Bonchev–Trinajstić information content (AvgIpc) is 2.29. The lowest BCUT2D eigenvalue weighted by Crippen LogP contribution is -2.24. The highest BCUT2D eigenvalue weighted by Gasteiger charge is 2.01. The van der Waals surface area contributed by atoms with Crippen LogP contribution in [0.2, 0.25) is 0 Å². The van der Waals surface area contributed by atoms with Gasteiger partial charge in [-0.1, -0.05) is 0 Å². The first-order chi connectivity index (χ1) is 8.42. The van der Waals surface area contributed by atoms with E-state index in [-0.39, 0.29) is 0 Å².